The van der Waals surface area contributed by atoms with Crippen molar-refractivity contribution in [2.45, 2.75) is 24.9 Å². The molecule has 2 amide bonds. The zero-order valence-corrected chi connectivity index (χ0v) is 15.5. The quantitative estimate of drug-likeness (QED) is 0.202. The summed E-state index contributed by atoms with van der Waals surface area (Å²) in [4.78, 5) is 60.3. The largest absolute Gasteiger partial charge is 0.390 e. The number of esters is 2. The first kappa shape index (κ1) is 20.5. The maximum atomic E-state index is 12.3. The second kappa shape index (κ2) is 9.78. The number of imidazole rings is 2. The maximum Gasteiger partial charge on any atom is 0.336 e. The van der Waals surface area contributed by atoms with E-state index in [2.05, 4.69) is 55.8 Å². The molecule has 4 N–H and O–H groups in total. The van der Waals surface area contributed by atoms with Crippen LogP contribution in [0.3, 0.4) is 0 Å². The standard InChI is InChI=1S/C14H16N6O5S2/c21-11(9(19-13(23)26)1-7-3-15-5-17-7)25-12(22)10(20-14(24)27)2-8-4-16-6-18-8/h3-6,9-10H,1-2H2,(H,15,17)(H,16,18)(H2,19,23,26)(H2,20,24,27)/t9-,10-/m0/s1. The van der Waals surface area contributed by atoms with E-state index >= 15 is 0 Å². The van der Waals surface area contributed by atoms with Gasteiger partial charge in [0, 0.05) is 36.6 Å². The normalized spacial score (nSPS) is 12.7. The van der Waals surface area contributed by atoms with E-state index in [0.29, 0.717) is 11.4 Å². The minimum Gasteiger partial charge on any atom is -0.390 e. The minimum atomic E-state index is -1.18. The number of aromatic amines is 2. The van der Waals surface area contributed by atoms with Gasteiger partial charge >= 0.3 is 11.9 Å². The van der Waals surface area contributed by atoms with Crippen molar-refractivity contribution in [2.75, 3.05) is 0 Å². The average Bonchev–Trinajstić information content (AvgIpc) is 3.26. The number of amides is 2. The van der Waals surface area contributed by atoms with Crippen LogP contribution < -0.4 is 10.6 Å². The van der Waals surface area contributed by atoms with Gasteiger partial charge in [0.05, 0.1) is 12.7 Å². The van der Waals surface area contributed by atoms with Gasteiger partial charge in [0.15, 0.2) is 0 Å². The number of ether oxygens (including phenoxy) is 1. The molecule has 144 valence electrons. The first-order chi connectivity index (χ1) is 12.8. The van der Waals surface area contributed by atoms with Crippen molar-refractivity contribution in [1.29, 1.82) is 0 Å². The number of carbonyl (C=O) groups excluding carboxylic acids is 4. The van der Waals surface area contributed by atoms with E-state index in [-0.39, 0.29) is 12.8 Å². The molecular formula is C14H16N6O5S2. The van der Waals surface area contributed by atoms with Gasteiger partial charge in [-0.3, -0.25) is 9.59 Å². The van der Waals surface area contributed by atoms with E-state index in [1.807, 2.05) is 0 Å². The first-order valence-electron chi connectivity index (χ1n) is 7.54. The van der Waals surface area contributed by atoms with E-state index in [1.54, 1.807) is 0 Å². The summed E-state index contributed by atoms with van der Waals surface area (Å²) in [5, 5.41) is 3.01. The molecular weight excluding hydrogens is 396 g/mol. The highest BCUT2D eigenvalue weighted by molar-refractivity contribution is 7.96. The van der Waals surface area contributed by atoms with E-state index < -0.39 is 34.5 Å². The fourth-order valence-corrected chi connectivity index (χ4v) is 2.47. The molecule has 0 radical (unpaired) electrons. The van der Waals surface area contributed by atoms with Gasteiger partial charge in [-0.1, -0.05) is 25.3 Å². The van der Waals surface area contributed by atoms with Crippen molar-refractivity contribution in [3.8, 4) is 0 Å². The lowest BCUT2D eigenvalue weighted by molar-refractivity contribution is -0.162. The summed E-state index contributed by atoms with van der Waals surface area (Å²) in [5.41, 5.74) is 1.06. The summed E-state index contributed by atoms with van der Waals surface area (Å²) < 4.78 is 4.83. The Morgan fingerprint density at radius 1 is 0.889 bits per heavy atom. The summed E-state index contributed by atoms with van der Waals surface area (Å²) in [6.07, 6.45) is 5.71. The zero-order chi connectivity index (χ0) is 19.8. The summed E-state index contributed by atoms with van der Waals surface area (Å²) in [6.45, 7) is 0. The smallest absolute Gasteiger partial charge is 0.336 e. The molecule has 27 heavy (non-hydrogen) atoms. The van der Waals surface area contributed by atoms with Gasteiger partial charge in [-0.2, -0.15) is 0 Å². The number of nitrogens with one attached hydrogen (secondary N) is 4. The van der Waals surface area contributed by atoms with Crippen LogP contribution in [0.1, 0.15) is 11.4 Å². The molecule has 2 aromatic rings. The molecule has 0 spiro atoms. The molecule has 0 saturated heterocycles. The molecule has 2 heterocycles. The summed E-state index contributed by atoms with van der Waals surface area (Å²) >= 11 is 7.14. The Hall–Kier alpha value is -2.80. The number of thiol groups is 2. The highest BCUT2D eigenvalue weighted by atomic mass is 32.1. The Balaban J connectivity index is 2.06. The fourth-order valence-electron chi connectivity index (χ4n) is 2.16. The molecule has 2 aromatic heterocycles. The molecule has 0 saturated carbocycles. The van der Waals surface area contributed by atoms with Crippen LogP contribution in [0.4, 0.5) is 9.59 Å². The van der Waals surface area contributed by atoms with Gasteiger partial charge in [0.25, 0.3) is 10.5 Å². The third-order valence-electron chi connectivity index (χ3n) is 3.32. The number of H-pyrrole nitrogens is 2. The van der Waals surface area contributed by atoms with Crippen LogP contribution in [0.2, 0.25) is 0 Å². The Labute approximate surface area is 163 Å². The average molecular weight is 412 g/mol. The lowest BCUT2D eigenvalue weighted by Gasteiger charge is -2.18. The molecule has 0 aromatic carbocycles. The van der Waals surface area contributed by atoms with Crippen LogP contribution in [-0.2, 0) is 27.2 Å². The summed E-state index contributed by atoms with van der Waals surface area (Å²) in [7, 11) is 0. The van der Waals surface area contributed by atoms with Crippen LogP contribution in [0, 0.1) is 0 Å². The van der Waals surface area contributed by atoms with Crippen molar-refractivity contribution in [1.82, 2.24) is 30.6 Å². The highest BCUT2D eigenvalue weighted by Gasteiger charge is 2.29. The Bertz CT molecular complexity index is 729. The number of rotatable bonds is 8. The lowest BCUT2D eigenvalue weighted by Crippen LogP contribution is -2.46. The Morgan fingerprint density at radius 2 is 1.30 bits per heavy atom. The Morgan fingerprint density at radius 3 is 1.59 bits per heavy atom. The van der Waals surface area contributed by atoms with Crippen LogP contribution >= 0.6 is 25.3 Å². The molecule has 2 atom stereocenters. The maximum absolute atomic E-state index is 12.3. The van der Waals surface area contributed by atoms with Crippen LogP contribution in [0.5, 0.6) is 0 Å². The van der Waals surface area contributed by atoms with Crippen molar-refractivity contribution in [3.05, 3.63) is 36.4 Å². The number of aromatic nitrogens is 4. The van der Waals surface area contributed by atoms with Crippen LogP contribution in [0.25, 0.3) is 0 Å². The van der Waals surface area contributed by atoms with Crippen molar-refractivity contribution >= 4 is 47.7 Å². The number of nitrogens with zero attached hydrogens (tertiary/aromatic N) is 2. The summed E-state index contributed by atoms with van der Waals surface area (Å²) in [5.74, 6) is -2.03. The van der Waals surface area contributed by atoms with E-state index in [0.717, 1.165) is 0 Å². The molecule has 13 heteroatoms. The monoisotopic (exact) mass is 412 g/mol. The van der Waals surface area contributed by atoms with Crippen LogP contribution in [0.15, 0.2) is 25.0 Å². The van der Waals surface area contributed by atoms with E-state index in [1.165, 1.54) is 25.0 Å². The van der Waals surface area contributed by atoms with Gasteiger partial charge in [-0.15, -0.1) is 0 Å². The SMILES string of the molecule is O=C(S)N[C@@H](Cc1cnc[nH]1)C(=O)OC(=O)[C@H](Cc1cnc[nH]1)NC(=O)S. The Kier molecular flexibility index (Phi) is 7.43. The number of hydrogen-bond acceptors (Lipinski definition) is 7. The van der Waals surface area contributed by atoms with Gasteiger partial charge < -0.3 is 25.3 Å². The molecule has 0 unspecified atom stereocenters. The molecule has 0 aliphatic carbocycles. The second-order valence-corrected chi connectivity index (χ2v) is 6.12. The van der Waals surface area contributed by atoms with Crippen molar-refractivity contribution < 1.29 is 23.9 Å². The van der Waals surface area contributed by atoms with Gasteiger partial charge in [-0.25, -0.2) is 19.6 Å². The second-order valence-electron chi connectivity index (χ2n) is 5.31. The van der Waals surface area contributed by atoms with E-state index in [9.17, 15) is 19.2 Å². The third kappa shape index (κ3) is 6.79. The number of hydrogen-bond donors (Lipinski definition) is 6. The molecule has 11 nitrogen and oxygen atoms in total. The van der Waals surface area contributed by atoms with Crippen molar-refractivity contribution in [3.63, 3.8) is 0 Å². The van der Waals surface area contributed by atoms with Crippen molar-refractivity contribution in [2.24, 2.45) is 0 Å². The molecule has 0 aliphatic heterocycles. The first-order valence-corrected chi connectivity index (χ1v) is 8.43. The predicted octanol–water partition coefficient (Wildman–Crippen LogP) is 0.00380. The fraction of sp³-hybridized carbons (Fsp3) is 0.286. The number of carbonyl (C=O) groups is 4. The molecule has 0 fully saturated rings. The van der Waals surface area contributed by atoms with Gasteiger partial charge in [-0.05, 0) is 0 Å². The minimum absolute atomic E-state index is 0.00254. The van der Waals surface area contributed by atoms with Gasteiger partial charge in [0.2, 0.25) is 0 Å². The van der Waals surface area contributed by atoms with Gasteiger partial charge in [0.1, 0.15) is 12.1 Å². The topological polar surface area (TPSA) is 159 Å². The zero-order valence-electron chi connectivity index (χ0n) is 13.7. The lowest BCUT2D eigenvalue weighted by atomic mass is 10.1. The molecule has 0 aliphatic rings. The van der Waals surface area contributed by atoms with E-state index in [4.69, 9.17) is 4.74 Å². The predicted molar refractivity (Wildman–Crippen MR) is 98.3 cm³/mol. The summed E-state index contributed by atoms with van der Waals surface area (Å²) in [6, 6.07) is -2.36. The molecule has 0 bridgehead atoms. The highest BCUT2D eigenvalue weighted by Crippen LogP contribution is 2.06. The molecule has 2 rings (SSSR count). The third-order valence-corrected chi connectivity index (χ3v) is 3.58. The van der Waals surface area contributed by atoms with Crippen LogP contribution in [-0.4, -0.2) is 54.4 Å².